The lowest BCUT2D eigenvalue weighted by Crippen LogP contribution is -2.27. The summed E-state index contributed by atoms with van der Waals surface area (Å²) in [5, 5.41) is 0. The summed E-state index contributed by atoms with van der Waals surface area (Å²) in [5.74, 6) is 0.362. The molecule has 0 aliphatic carbocycles. The maximum Gasteiger partial charge on any atom is 0.261 e. The lowest BCUT2D eigenvalue weighted by molar-refractivity contribution is 0.477. The minimum atomic E-state index is -3.79. The van der Waals surface area contributed by atoms with Crippen molar-refractivity contribution >= 4 is 25.7 Å². The van der Waals surface area contributed by atoms with E-state index in [2.05, 4.69) is 18.6 Å². The third-order valence-corrected chi connectivity index (χ3v) is 7.98. The van der Waals surface area contributed by atoms with Gasteiger partial charge in [0.25, 0.3) is 10.0 Å². The van der Waals surface area contributed by atoms with Gasteiger partial charge in [-0.05, 0) is 60.7 Å². The van der Waals surface area contributed by atoms with Gasteiger partial charge in [0.2, 0.25) is 10.0 Å². The largest absolute Gasteiger partial charge is 0.280 e. The van der Waals surface area contributed by atoms with Crippen molar-refractivity contribution in [3.8, 4) is 0 Å². The molecule has 1 saturated heterocycles. The molecule has 1 aliphatic heterocycles. The van der Waals surface area contributed by atoms with Gasteiger partial charge in [0.1, 0.15) is 0 Å². The summed E-state index contributed by atoms with van der Waals surface area (Å²) in [5.41, 5.74) is 1.59. The molecule has 6 nitrogen and oxygen atoms in total. The zero-order valence-electron chi connectivity index (χ0n) is 15.4. The number of nitrogens with one attached hydrogen (secondary N) is 1. The summed E-state index contributed by atoms with van der Waals surface area (Å²) in [6, 6.07) is 12.6. The van der Waals surface area contributed by atoms with Gasteiger partial charge in [-0.2, -0.15) is 4.31 Å². The van der Waals surface area contributed by atoms with Crippen molar-refractivity contribution in [2.75, 3.05) is 17.8 Å². The fraction of sp³-hybridized carbons (Fsp3) is 0.368. The third-order valence-electron chi connectivity index (χ3n) is 4.67. The molecule has 0 atom stereocenters. The van der Waals surface area contributed by atoms with E-state index < -0.39 is 20.0 Å². The number of hydrogen-bond acceptors (Lipinski definition) is 4. The van der Waals surface area contributed by atoms with Crippen molar-refractivity contribution in [2.45, 2.75) is 42.4 Å². The van der Waals surface area contributed by atoms with Gasteiger partial charge in [0.15, 0.2) is 0 Å². The lowest BCUT2D eigenvalue weighted by atomic mass is 10.0. The van der Waals surface area contributed by atoms with Crippen molar-refractivity contribution in [1.82, 2.24) is 4.31 Å². The Hall–Kier alpha value is -1.90. The number of sulfonamides is 2. The van der Waals surface area contributed by atoms with Crippen LogP contribution < -0.4 is 4.72 Å². The molecule has 0 spiro atoms. The fourth-order valence-electron chi connectivity index (χ4n) is 3.02. The van der Waals surface area contributed by atoms with E-state index in [-0.39, 0.29) is 9.79 Å². The predicted molar refractivity (Wildman–Crippen MR) is 106 cm³/mol. The first-order valence-corrected chi connectivity index (χ1v) is 11.9. The average molecular weight is 409 g/mol. The molecule has 3 rings (SSSR count). The van der Waals surface area contributed by atoms with Gasteiger partial charge in [-0.15, -0.1) is 0 Å². The van der Waals surface area contributed by atoms with E-state index in [0.29, 0.717) is 24.7 Å². The van der Waals surface area contributed by atoms with Crippen LogP contribution in [-0.2, 0) is 20.0 Å². The standard InChI is InChI=1S/C19H24N2O4S2/c1-15(2)16-5-7-17(8-6-16)20-26(22,23)18-9-11-19(12-10-18)27(24,25)21-13-3-4-14-21/h5-12,15,20H,3-4,13-14H2,1-2H3. The van der Waals surface area contributed by atoms with E-state index in [4.69, 9.17) is 0 Å². The molecule has 1 N–H and O–H groups in total. The second-order valence-corrected chi connectivity index (χ2v) is 10.6. The van der Waals surface area contributed by atoms with Gasteiger partial charge in [-0.3, -0.25) is 4.72 Å². The van der Waals surface area contributed by atoms with Gasteiger partial charge in [-0.25, -0.2) is 16.8 Å². The average Bonchev–Trinajstić information content (AvgIpc) is 3.17. The van der Waals surface area contributed by atoms with E-state index in [1.807, 2.05) is 12.1 Å². The zero-order chi connectivity index (χ0) is 19.7. The molecule has 27 heavy (non-hydrogen) atoms. The van der Waals surface area contributed by atoms with Gasteiger partial charge < -0.3 is 0 Å². The van der Waals surface area contributed by atoms with Crippen molar-refractivity contribution in [3.05, 3.63) is 54.1 Å². The van der Waals surface area contributed by atoms with Crippen LogP contribution in [-0.4, -0.2) is 34.2 Å². The molecule has 0 amide bonds. The summed E-state index contributed by atoms with van der Waals surface area (Å²) >= 11 is 0. The fourth-order valence-corrected chi connectivity index (χ4v) is 5.59. The summed E-state index contributed by atoms with van der Waals surface area (Å²) < 4.78 is 54.2. The first kappa shape index (κ1) is 19.9. The minimum absolute atomic E-state index is 0.0239. The number of rotatable bonds is 6. The third kappa shape index (κ3) is 4.34. The second-order valence-electron chi connectivity index (χ2n) is 6.96. The maximum absolute atomic E-state index is 12.6. The summed E-state index contributed by atoms with van der Waals surface area (Å²) in [6.07, 6.45) is 1.70. The molecule has 8 heteroatoms. The lowest BCUT2D eigenvalue weighted by Gasteiger charge is -2.16. The van der Waals surface area contributed by atoms with Crippen molar-refractivity contribution < 1.29 is 16.8 Å². The molecule has 0 unspecified atom stereocenters. The summed E-state index contributed by atoms with van der Waals surface area (Å²) in [6.45, 7) is 5.15. The molecule has 1 heterocycles. The van der Waals surface area contributed by atoms with E-state index in [1.165, 1.54) is 28.6 Å². The maximum atomic E-state index is 12.6. The molecule has 1 fully saturated rings. The van der Waals surface area contributed by atoms with Gasteiger partial charge in [-0.1, -0.05) is 26.0 Å². The van der Waals surface area contributed by atoms with Crippen LogP contribution in [0.4, 0.5) is 5.69 Å². The minimum Gasteiger partial charge on any atom is -0.280 e. The van der Waals surface area contributed by atoms with E-state index in [9.17, 15) is 16.8 Å². The summed E-state index contributed by atoms with van der Waals surface area (Å²) in [7, 11) is -7.34. The molecule has 2 aromatic carbocycles. The van der Waals surface area contributed by atoms with Crippen LogP contribution in [0.3, 0.4) is 0 Å². The molecule has 2 aromatic rings. The molecule has 0 aromatic heterocycles. The second kappa shape index (κ2) is 7.61. The molecular weight excluding hydrogens is 384 g/mol. The molecular formula is C19H24N2O4S2. The Morgan fingerprint density at radius 1 is 0.815 bits per heavy atom. The molecule has 146 valence electrons. The number of nitrogens with zero attached hydrogens (tertiary/aromatic N) is 1. The topological polar surface area (TPSA) is 83.5 Å². The smallest absolute Gasteiger partial charge is 0.261 e. The Morgan fingerprint density at radius 2 is 1.33 bits per heavy atom. The highest BCUT2D eigenvalue weighted by molar-refractivity contribution is 7.92. The van der Waals surface area contributed by atoms with Crippen LogP contribution in [0.1, 0.15) is 38.2 Å². The quantitative estimate of drug-likeness (QED) is 0.794. The van der Waals surface area contributed by atoms with Crippen LogP contribution in [0.5, 0.6) is 0 Å². The SMILES string of the molecule is CC(C)c1ccc(NS(=O)(=O)c2ccc(S(=O)(=O)N3CCCC3)cc2)cc1. The van der Waals surface area contributed by atoms with Gasteiger partial charge in [0.05, 0.1) is 9.79 Å². The monoisotopic (exact) mass is 408 g/mol. The Kier molecular flexibility index (Phi) is 5.60. The van der Waals surface area contributed by atoms with E-state index >= 15 is 0 Å². The van der Waals surface area contributed by atoms with Crippen LogP contribution in [0.15, 0.2) is 58.3 Å². The highest BCUT2D eigenvalue weighted by Gasteiger charge is 2.27. The molecule has 1 aliphatic rings. The van der Waals surface area contributed by atoms with Gasteiger partial charge >= 0.3 is 0 Å². The Morgan fingerprint density at radius 3 is 1.85 bits per heavy atom. The van der Waals surface area contributed by atoms with Crippen molar-refractivity contribution in [3.63, 3.8) is 0 Å². The van der Waals surface area contributed by atoms with E-state index in [0.717, 1.165) is 18.4 Å². The van der Waals surface area contributed by atoms with Crippen LogP contribution in [0.2, 0.25) is 0 Å². The Bertz CT molecular complexity index is 991. The Labute approximate surface area is 161 Å². The highest BCUT2D eigenvalue weighted by atomic mass is 32.2. The van der Waals surface area contributed by atoms with Crippen LogP contribution >= 0.6 is 0 Å². The van der Waals surface area contributed by atoms with Crippen LogP contribution in [0, 0.1) is 0 Å². The number of benzene rings is 2. The first-order valence-electron chi connectivity index (χ1n) is 8.93. The molecule has 0 radical (unpaired) electrons. The number of anilines is 1. The highest BCUT2D eigenvalue weighted by Crippen LogP contribution is 2.24. The zero-order valence-corrected chi connectivity index (χ0v) is 17.1. The van der Waals surface area contributed by atoms with Crippen molar-refractivity contribution in [2.24, 2.45) is 0 Å². The normalized spacial score (nSPS) is 16.0. The van der Waals surface area contributed by atoms with E-state index in [1.54, 1.807) is 12.1 Å². The summed E-state index contributed by atoms with van der Waals surface area (Å²) in [4.78, 5) is 0.139. The molecule has 0 bridgehead atoms. The predicted octanol–water partition coefficient (Wildman–Crippen LogP) is 3.40. The van der Waals surface area contributed by atoms with Crippen LogP contribution in [0.25, 0.3) is 0 Å². The molecule has 0 saturated carbocycles. The first-order chi connectivity index (χ1) is 12.7. The number of hydrogen-bond donors (Lipinski definition) is 1. The van der Waals surface area contributed by atoms with Gasteiger partial charge in [0, 0.05) is 18.8 Å². The van der Waals surface area contributed by atoms with Crippen molar-refractivity contribution in [1.29, 1.82) is 0 Å². The Balaban J connectivity index is 1.79.